The summed E-state index contributed by atoms with van der Waals surface area (Å²) >= 11 is 0. The van der Waals surface area contributed by atoms with Gasteiger partial charge in [-0.15, -0.1) is 0 Å². The fraction of sp³-hybridized carbons (Fsp3) is 1.00. The van der Waals surface area contributed by atoms with Gasteiger partial charge in [0.25, 0.3) is 0 Å². The van der Waals surface area contributed by atoms with Crippen molar-refractivity contribution >= 4 is 0 Å². The summed E-state index contributed by atoms with van der Waals surface area (Å²) in [6.07, 6.45) is 2.39. The van der Waals surface area contributed by atoms with Crippen molar-refractivity contribution in [2.45, 2.75) is 52.1 Å². The van der Waals surface area contributed by atoms with E-state index in [9.17, 15) is 5.11 Å². The van der Waals surface area contributed by atoms with E-state index in [0.717, 1.165) is 13.0 Å². The molecule has 0 radical (unpaired) electrons. The Balaban J connectivity index is 2.83. The summed E-state index contributed by atoms with van der Waals surface area (Å²) in [5.41, 5.74) is 0.0637. The van der Waals surface area contributed by atoms with Gasteiger partial charge in [-0.05, 0) is 39.2 Å². The smallest absolute Gasteiger partial charge is 0.0618 e. The molecule has 1 saturated heterocycles. The summed E-state index contributed by atoms with van der Waals surface area (Å²) in [7, 11) is 0. The quantitative estimate of drug-likeness (QED) is 0.725. The molecule has 1 heterocycles. The van der Waals surface area contributed by atoms with Crippen molar-refractivity contribution in [3.63, 3.8) is 0 Å². The maximum absolute atomic E-state index is 9.56. The van der Waals surface area contributed by atoms with Gasteiger partial charge < -0.3 is 5.11 Å². The first-order valence-electron chi connectivity index (χ1n) is 5.42. The summed E-state index contributed by atoms with van der Waals surface area (Å²) in [6, 6.07) is 0.553. The Hall–Kier alpha value is -0.0800. The third kappa shape index (κ3) is 1.75. The van der Waals surface area contributed by atoms with Gasteiger partial charge in [0.2, 0.25) is 0 Å². The maximum atomic E-state index is 9.56. The first-order chi connectivity index (χ1) is 6.04. The summed E-state index contributed by atoms with van der Waals surface area (Å²) in [5.74, 6) is 0.544. The zero-order valence-electron chi connectivity index (χ0n) is 9.38. The molecule has 0 aromatic carbocycles. The minimum atomic E-state index is 0.0637. The van der Waals surface area contributed by atoms with Crippen LogP contribution >= 0.6 is 0 Å². The molecule has 0 aromatic rings. The maximum Gasteiger partial charge on any atom is 0.0618 e. The van der Waals surface area contributed by atoms with Gasteiger partial charge in [-0.1, -0.05) is 13.8 Å². The van der Waals surface area contributed by atoms with Crippen LogP contribution in [-0.4, -0.2) is 34.7 Å². The Kier molecular flexibility index (Phi) is 3.36. The first kappa shape index (κ1) is 11.0. The van der Waals surface area contributed by atoms with E-state index in [4.69, 9.17) is 0 Å². The molecule has 1 aliphatic heterocycles. The Morgan fingerprint density at radius 1 is 1.31 bits per heavy atom. The van der Waals surface area contributed by atoms with Crippen LogP contribution in [0.3, 0.4) is 0 Å². The van der Waals surface area contributed by atoms with E-state index in [1.807, 2.05) is 0 Å². The Morgan fingerprint density at radius 2 is 1.92 bits per heavy atom. The highest BCUT2D eigenvalue weighted by Gasteiger charge is 2.43. The lowest BCUT2D eigenvalue weighted by Crippen LogP contribution is -2.53. The SMILES string of the molecule is CC(C)N1CCCC1(CO)C(C)C. The molecule has 0 amide bonds. The second-order valence-corrected chi connectivity index (χ2v) is 4.81. The molecule has 2 nitrogen and oxygen atoms in total. The van der Waals surface area contributed by atoms with Gasteiger partial charge in [0, 0.05) is 11.6 Å². The summed E-state index contributed by atoms with van der Waals surface area (Å²) in [6.45, 7) is 10.3. The zero-order valence-corrected chi connectivity index (χ0v) is 9.38. The second-order valence-electron chi connectivity index (χ2n) is 4.81. The average Bonchev–Trinajstić information content (AvgIpc) is 2.48. The van der Waals surface area contributed by atoms with Crippen LogP contribution in [0.15, 0.2) is 0 Å². The van der Waals surface area contributed by atoms with Gasteiger partial charge in [0.15, 0.2) is 0 Å². The minimum absolute atomic E-state index is 0.0637. The fourth-order valence-electron chi connectivity index (χ4n) is 2.67. The molecular formula is C11H23NO. The van der Waals surface area contributed by atoms with Crippen LogP contribution in [0.4, 0.5) is 0 Å². The van der Waals surface area contributed by atoms with Crippen LogP contribution < -0.4 is 0 Å². The molecular weight excluding hydrogens is 162 g/mol. The summed E-state index contributed by atoms with van der Waals surface area (Å²) in [5, 5.41) is 9.56. The van der Waals surface area contributed by atoms with E-state index < -0.39 is 0 Å². The lowest BCUT2D eigenvalue weighted by atomic mass is 9.84. The minimum Gasteiger partial charge on any atom is -0.394 e. The molecule has 1 fully saturated rings. The van der Waals surface area contributed by atoms with E-state index in [1.165, 1.54) is 6.42 Å². The number of hydrogen-bond acceptors (Lipinski definition) is 2. The third-order valence-electron chi connectivity index (χ3n) is 3.55. The van der Waals surface area contributed by atoms with E-state index in [1.54, 1.807) is 0 Å². The number of hydrogen-bond donors (Lipinski definition) is 1. The largest absolute Gasteiger partial charge is 0.394 e. The average molecular weight is 185 g/mol. The topological polar surface area (TPSA) is 23.5 Å². The van der Waals surface area contributed by atoms with Gasteiger partial charge >= 0.3 is 0 Å². The molecule has 1 aliphatic rings. The number of aliphatic hydroxyl groups excluding tert-OH is 1. The van der Waals surface area contributed by atoms with Crippen LogP contribution in [0, 0.1) is 5.92 Å². The van der Waals surface area contributed by atoms with Crippen molar-refractivity contribution in [2.24, 2.45) is 5.92 Å². The van der Waals surface area contributed by atoms with Gasteiger partial charge in [-0.25, -0.2) is 0 Å². The van der Waals surface area contributed by atoms with Crippen LogP contribution in [0.25, 0.3) is 0 Å². The molecule has 1 rings (SSSR count). The highest BCUT2D eigenvalue weighted by Crippen LogP contribution is 2.36. The van der Waals surface area contributed by atoms with Crippen LogP contribution in [0.1, 0.15) is 40.5 Å². The van der Waals surface area contributed by atoms with Gasteiger partial charge in [0.1, 0.15) is 0 Å². The summed E-state index contributed by atoms with van der Waals surface area (Å²) in [4.78, 5) is 2.47. The van der Waals surface area contributed by atoms with Gasteiger partial charge in [0.05, 0.1) is 6.61 Å². The number of nitrogens with zero attached hydrogens (tertiary/aromatic N) is 1. The van der Waals surface area contributed by atoms with E-state index in [-0.39, 0.29) is 5.54 Å². The molecule has 0 spiro atoms. The molecule has 1 atom stereocenters. The van der Waals surface area contributed by atoms with Crippen molar-refractivity contribution in [3.05, 3.63) is 0 Å². The molecule has 78 valence electrons. The molecule has 0 bridgehead atoms. The molecule has 0 saturated carbocycles. The van der Waals surface area contributed by atoms with E-state index in [0.29, 0.717) is 18.6 Å². The molecule has 0 aromatic heterocycles. The summed E-state index contributed by atoms with van der Waals surface area (Å²) < 4.78 is 0. The van der Waals surface area contributed by atoms with Crippen LogP contribution in [0.2, 0.25) is 0 Å². The highest BCUT2D eigenvalue weighted by molar-refractivity contribution is 4.98. The normalized spacial score (nSPS) is 30.7. The highest BCUT2D eigenvalue weighted by atomic mass is 16.3. The predicted molar refractivity (Wildman–Crippen MR) is 55.7 cm³/mol. The van der Waals surface area contributed by atoms with Gasteiger partial charge in [-0.3, -0.25) is 4.90 Å². The van der Waals surface area contributed by atoms with E-state index >= 15 is 0 Å². The lowest BCUT2D eigenvalue weighted by Gasteiger charge is -2.43. The number of rotatable bonds is 3. The van der Waals surface area contributed by atoms with Crippen molar-refractivity contribution in [2.75, 3.05) is 13.2 Å². The first-order valence-corrected chi connectivity index (χ1v) is 5.42. The number of likely N-dealkylation sites (tertiary alicyclic amines) is 1. The number of aliphatic hydroxyl groups is 1. The zero-order chi connectivity index (χ0) is 10.1. The fourth-order valence-corrected chi connectivity index (χ4v) is 2.67. The van der Waals surface area contributed by atoms with Crippen molar-refractivity contribution in [3.8, 4) is 0 Å². The predicted octanol–water partition coefficient (Wildman–Crippen LogP) is 1.88. The third-order valence-corrected chi connectivity index (χ3v) is 3.55. The Labute approximate surface area is 81.9 Å². The molecule has 1 N–H and O–H groups in total. The van der Waals surface area contributed by atoms with Crippen molar-refractivity contribution in [1.29, 1.82) is 0 Å². The lowest BCUT2D eigenvalue weighted by molar-refractivity contribution is 0.00713. The van der Waals surface area contributed by atoms with Gasteiger partial charge in [-0.2, -0.15) is 0 Å². The molecule has 2 heteroatoms. The second kappa shape index (κ2) is 3.97. The van der Waals surface area contributed by atoms with Crippen LogP contribution in [0.5, 0.6) is 0 Å². The molecule has 13 heavy (non-hydrogen) atoms. The monoisotopic (exact) mass is 185 g/mol. The van der Waals surface area contributed by atoms with Crippen molar-refractivity contribution in [1.82, 2.24) is 4.90 Å². The Bertz CT molecular complexity index is 167. The standard InChI is InChI=1S/C11H23NO/c1-9(2)11(8-13)6-5-7-12(11)10(3)4/h9-10,13H,5-8H2,1-4H3. The molecule has 0 aliphatic carbocycles. The van der Waals surface area contributed by atoms with Crippen molar-refractivity contribution < 1.29 is 5.11 Å². The van der Waals surface area contributed by atoms with Crippen LogP contribution in [-0.2, 0) is 0 Å². The molecule has 1 unspecified atom stereocenters. The Morgan fingerprint density at radius 3 is 2.23 bits per heavy atom. The van der Waals surface area contributed by atoms with E-state index in [2.05, 4.69) is 32.6 Å².